The Kier molecular flexibility index (Phi) is 4.98. The number of nitrogens with zero attached hydrogens (tertiary/aromatic N) is 2. The Balaban J connectivity index is 3.12. The van der Waals surface area contributed by atoms with Crippen molar-refractivity contribution >= 4 is 17.3 Å². The van der Waals surface area contributed by atoms with Crippen molar-refractivity contribution < 1.29 is 15.1 Å². The van der Waals surface area contributed by atoms with Crippen molar-refractivity contribution in [3.05, 3.63) is 22.2 Å². The Bertz CT molecular complexity index is 441. The molecule has 0 aromatic carbocycles. The van der Waals surface area contributed by atoms with Gasteiger partial charge in [-0.05, 0) is 6.42 Å². The summed E-state index contributed by atoms with van der Waals surface area (Å²) in [6.45, 7) is 1.09. The summed E-state index contributed by atoms with van der Waals surface area (Å²) in [7, 11) is 0. The van der Waals surface area contributed by atoms with E-state index in [1.165, 1.54) is 12.1 Å². The van der Waals surface area contributed by atoms with Crippen LogP contribution in [0.2, 0.25) is 0 Å². The second-order valence-corrected chi connectivity index (χ2v) is 4.07. The fourth-order valence-corrected chi connectivity index (χ4v) is 1.47. The summed E-state index contributed by atoms with van der Waals surface area (Å²) < 4.78 is 0. The van der Waals surface area contributed by atoms with Crippen LogP contribution in [0, 0.1) is 10.1 Å². The molecule has 19 heavy (non-hydrogen) atoms. The first-order valence-corrected chi connectivity index (χ1v) is 5.63. The number of rotatable bonds is 7. The second kappa shape index (κ2) is 6.27. The summed E-state index contributed by atoms with van der Waals surface area (Å²) in [5.74, 6) is 5.44. The molecule has 0 fully saturated rings. The summed E-state index contributed by atoms with van der Waals surface area (Å²) in [5.41, 5.74) is 1.03. The van der Waals surface area contributed by atoms with Crippen molar-refractivity contribution in [2.75, 3.05) is 24.0 Å². The highest BCUT2D eigenvalue weighted by atomic mass is 16.6. The maximum Gasteiger partial charge on any atom is 0.276 e. The van der Waals surface area contributed by atoms with E-state index in [2.05, 4.69) is 15.7 Å². The highest BCUT2D eigenvalue weighted by Crippen LogP contribution is 2.23. The average molecular weight is 271 g/mol. The molecule has 0 unspecified atom stereocenters. The van der Waals surface area contributed by atoms with Gasteiger partial charge < -0.3 is 21.0 Å². The summed E-state index contributed by atoms with van der Waals surface area (Å²) in [6.07, 6.45) is 0.412. The molecule has 1 rings (SSSR count). The van der Waals surface area contributed by atoms with Crippen molar-refractivity contribution in [3.63, 3.8) is 0 Å². The van der Waals surface area contributed by atoms with Gasteiger partial charge in [0.15, 0.2) is 0 Å². The Labute approximate surface area is 109 Å². The van der Waals surface area contributed by atoms with E-state index < -0.39 is 10.5 Å². The van der Waals surface area contributed by atoms with Crippen molar-refractivity contribution in [2.45, 2.75) is 18.9 Å². The highest BCUT2D eigenvalue weighted by Gasteiger charge is 2.27. The minimum atomic E-state index is -0.992. The molecule has 0 radical (unpaired) electrons. The lowest BCUT2D eigenvalue weighted by atomic mass is 9.98. The minimum Gasteiger partial charge on any atom is -0.394 e. The van der Waals surface area contributed by atoms with Crippen LogP contribution < -0.4 is 16.6 Å². The van der Waals surface area contributed by atoms with E-state index in [1.807, 2.05) is 0 Å². The summed E-state index contributed by atoms with van der Waals surface area (Å²) in [4.78, 5) is 14.2. The van der Waals surface area contributed by atoms with Crippen LogP contribution in [0.4, 0.5) is 17.3 Å². The fourth-order valence-electron chi connectivity index (χ4n) is 1.47. The number of anilines is 2. The molecular weight excluding hydrogens is 254 g/mol. The van der Waals surface area contributed by atoms with Crippen molar-refractivity contribution in [2.24, 2.45) is 5.84 Å². The number of aromatic nitrogens is 1. The highest BCUT2D eigenvalue weighted by molar-refractivity contribution is 5.55. The molecule has 1 aromatic heterocycles. The molecule has 106 valence electrons. The van der Waals surface area contributed by atoms with Crippen LogP contribution in [0.3, 0.4) is 0 Å². The number of nitrogens with one attached hydrogen (secondary N) is 2. The van der Waals surface area contributed by atoms with Gasteiger partial charge in [-0.15, -0.1) is 0 Å². The molecule has 9 nitrogen and oxygen atoms in total. The van der Waals surface area contributed by atoms with E-state index in [-0.39, 0.29) is 30.5 Å². The first kappa shape index (κ1) is 15.1. The monoisotopic (exact) mass is 271 g/mol. The third-order valence-corrected chi connectivity index (χ3v) is 2.84. The van der Waals surface area contributed by atoms with Crippen molar-refractivity contribution in [1.82, 2.24) is 4.98 Å². The zero-order chi connectivity index (χ0) is 14.5. The number of aliphatic hydroxyl groups is 2. The van der Waals surface area contributed by atoms with Crippen LogP contribution in [0.5, 0.6) is 0 Å². The predicted molar refractivity (Wildman–Crippen MR) is 69.5 cm³/mol. The number of aliphatic hydroxyl groups excluding tert-OH is 2. The van der Waals surface area contributed by atoms with Gasteiger partial charge in [-0.1, -0.05) is 6.92 Å². The summed E-state index contributed by atoms with van der Waals surface area (Å²) in [6, 6.07) is 2.38. The molecule has 1 heterocycles. The van der Waals surface area contributed by atoms with Crippen molar-refractivity contribution in [1.29, 1.82) is 0 Å². The molecule has 9 heteroatoms. The number of nitro groups is 1. The van der Waals surface area contributed by atoms with E-state index in [1.54, 1.807) is 6.92 Å². The molecule has 0 amide bonds. The normalized spacial score (nSPS) is 11.2. The quantitative estimate of drug-likeness (QED) is 0.261. The first-order valence-electron chi connectivity index (χ1n) is 5.63. The van der Waals surface area contributed by atoms with E-state index >= 15 is 0 Å². The summed E-state index contributed by atoms with van der Waals surface area (Å²) >= 11 is 0. The molecule has 0 aliphatic rings. The van der Waals surface area contributed by atoms with Gasteiger partial charge in [0.1, 0.15) is 11.6 Å². The lowest BCUT2D eigenvalue weighted by Crippen LogP contribution is -2.45. The van der Waals surface area contributed by atoms with E-state index in [0.29, 0.717) is 6.42 Å². The number of hydrogen-bond acceptors (Lipinski definition) is 8. The van der Waals surface area contributed by atoms with Crippen LogP contribution in [-0.4, -0.2) is 38.9 Å². The van der Waals surface area contributed by atoms with Gasteiger partial charge >= 0.3 is 0 Å². The molecule has 0 aliphatic carbocycles. The van der Waals surface area contributed by atoms with Crippen LogP contribution in [0.25, 0.3) is 0 Å². The number of pyridine rings is 1. The molecular formula is C10H17N5O4. The fraction of sp³-hybridized carbons (Fsp3) is 0.500. The molecule has 0 aliphatic heterocycles. The molecule has 0 bridgehead atoms. The van der Waals surface area contributed by atoms with Gasteiger partial charge in [0.25, 0.3) is 5.69 Å². The van der Waals surface area contributed by atoms with E-state index in [9.17, 15) is 20.3 Å². The predicted octanol–water partition coefficient (Wildman–Crippen LogP) is -0.179. The van der Waals surface area contributed by atoms with E-state index in [0.717, 1.165) is 0 Å². The second-order valence-electron chi connectivity index (χ2n) is 4.07. The smallest absolute Gasteiger partial charge is 0.276 e. The number of hydrogen-bond donors (Lipinski definition) is 5. The SMILES string of the molecule is CCC(CO)(CO)Nc1cc([N+](=O)[O-])cc(NN)n1. The maximum atomic E-state index is 10.8. The Morgan fingerprint density at radius 2 is 2.00 bits per heavy atom. The Hall–Kier alpha value is -1.97. The third kappa shape index (κ3) is 3.50. The van der Waals surface area contributed by atoms with Gasteiger partial charge in [-0.2, -0.15) is 0 Å². The zero-order valence-electron chi connectivity index (χ0n) is 10.5. The standard InChI is InChI=1S/C10H17N5O4/c1-2-10(5-16,6-17)13-8-3-7(15(18)19)4-9(12-8)14-11/h3-4,16-17H,2,5-6,11H2,1H3,(H2,12,13,14). The molecule has 1 aromatic rings. The average Bonchev–Trinajstić information content (AvgIpc) is 2.44. The molecule has 0 atom stereocenters. The molecule has 6 N–H and O–H groups in total. The third-order valence-electron chi connectivity index (χ3n) is 2.84. The van der Waals surface area contributed by atoms with Gasteiger partial charge in [-0.25, -0.2) is 10.8 Å². The van der Waals surface area contributed by atoms with Crippen LogP contribution in [-0.2, 0) is 0 Å². The molecule has 0 saturated carbocycles. The maximum absolute atomic E-state index is 10.8. The lowest BCUT2D eigenvalue weighted by molar-refractivity contribution is -0.384. The first-order chi connectivity index (χ1) is 9.00. The van der Waals surface area contributed by atoms with Gasteiger partial charge in [0.2, 0.25) is 0 Å². The number of nitrogens with two attached hydrogens (primary N) is 1. The lowest BCUT2D eigenvalue weighted by Gasteiger charge is -2.30. The van der Waals surface area contributed by atoms with Crippen LogP contribution in [0.1, 0.15) is 13.3 Å². The van der Waals surface area contributed by atoms with Crippen LogP contribution in [0.15, 0.2) is 12.1 Å². The zero-order valence-corrected chi connectivity index (χ0v) is 10.5. The minimum absolute atomic E-state index is 0.109. The van der Waals surface area contributed by atoms with Gasteiger partial charge in [-0.3, -0.25) is 10.1 Å². The Morgan fingerprint density at radius 3 is 2.42 bits per heavy atom. The topological polar surface area (TPSA) is 147 Å². The van der Waals surface area contributed by atoms with E-state index in [4.69, 9.17) is 5.84 Å². The summed E-state index contributed by atoms with van der Waals surface area (Å²) in [5, 5.41) is 32.2. The van der Waals surface area contributed by atoms with Crippen LogP contribution >= 0.6 is 0 Å². The molecule has 0 spiro atoms. The van der Waals surface area contributed by atoms with Crippen molar-refractivity contribution in [3.8, 4) is 0 Å². The molecule has 0 saturated heterocycles. The largest absolute Gasteiger partial charge is 0.394 e. The number of hydrazine groups is 1. The number of nitrogen functional groups attached to an aromatic ring is 1. The van der Waals surface area contributed by atoms with Gasteiger partial charge in [0.05, 0.1) is 35.8 Å². The van der Waals surface area contributed by atoms with Gasteiger partial charge in [0, 0.05) is 0 Å². The Morgan fingerprint density at radius 1 is 1.42 bits per heavy atom.